The third kappa shape index (κ3) is 7.76. The van der Waals surface area contributed by atoms with Crippen LogP contribution >= 0.6 is 0 Å². The lowest BCUT2D eigenvalue weighted by atomic mass is 9.82. The molecule has 2 aromatic heterocycles. The Kier molecular flexibility index (Phi) is 10.2. The highest BCUT2D eigenvalue weighted by atomic mass is 16.5. The number of fused-ring (bicyclic) bond motifs is 23. The van der Waals surface area contributed by atoms with E-state index in [1.807, 2.05) is 0 Å². The van der Waals surface area contributed by atoms with Crippen LogP contribution in [-0.2, 0) is 16.2 Å². The molecule has 2 aliphatic rings. The summed E-state index contributed by atoms with van der Waals surface area (Å²) in [4.78, 5) is 10.7. The molecule has 71 heavy (non-hydrogen) atoms. The fourth-order valence-corrected chi connectivity index (χ4v) is 10.7. The van der Waals surface area contributed by atoms with Gasteiger partial charge in [0, 0.05) is 45.3 Å². The van der Waals surface area contributed by atoms with Gasteiger partial charge in [-0.05, 0) is 128 Å². The van der Waals surface area contributed by atoms with Crippen LogP contribution in [0.2, 0.25) is 0 Å². The zero-order valence-electron chi connectivity index (χ0n) is 42.3. The molecule has 4 heterocycles. The molecule has 0 N–H and O–H groups in total. The molecule has 0 spiro atoms. The van der Waals surface area contributed by atoms with E-state index in [1.165, 1.54) is 44.3 Å². The molecule has 0 aliphatic carbocycles. The van der Waals surface area contributed by atoms with Crippen molar-refractivity contribution in [2.45, 2.75) is 78.6 Å². The number of hydrogen-bond donors (Lipinski definition) is 0. The van der Waals surface area contributed by atoms with E-state index >= 15 is 0 Å². The van der Waals surface area contributed by atoms with Crippen molar-refractivity contribution in [1.82, 2.24) is 9.55 Å². The van der Waals surface area contributed by atoms with Gasteiger partial charge in [-0.2, -0.15) is 0 Å². The smallest absolute Gasteiger partial charge is 0.138 e. The van der Waals surface area contributed by atoms with Crippen molar-refractivity contribution in [2.75, 3.05) is 16.5 Å². The second-order valence-corrected chi connectivity index (χ2v) is 22.6. The molecule has 10 bridgehead atoms. The largest absolute Gasteiger partial charge is 0.457 e. The van der Waals surface area contributed by atoms with Crippen LogP contribution in [0.3, 0.4) is 0 Å². The van der Waals surface area contributed by atoms with Crippen molar-refractivity contribution >= 4 is 44.6 Å². The Morgan fingerprint density at radius 2 is 1.04 bits per heavy atom. The molecule has 8 aromatic carbocycles. The second kappa shape index (κ2) is 16.3. The fraction of sp³-hybridized carbons (Fsp3) is 0.197. The Labute approximate surface area is 418 Å². The average Bonchev–Trinajstić information content (AvgIpc) is 3.91. The average molecular weight is 925 g/mol. The van der Waals surface area contributed by atoms with Gasteiger partial charge in [-0.15, -0.1) is 0 Å². The molecule has 0 radical (unpaired) electrons. The van der Waals surface area contributed by atoms with E-state index in [-0.39, 0.29) is 16.2 Å². The van der Waals surface area contributed by atoms with Gasteiger partial charge in [-0.3, -0.25) is 4.57 Å². The molecule has 12 rings (SSSR count). The van der Waals surface area contributed by atoms with Gasteiger partial charge >= 0.3 is 0 Å². The minimum absolute atomic E-state index is 0.0255. The lowest BCUT2D eigenvalue weighted by Crippen LogP contribution is -2.25. The number of benzene rings is 8. The van der Waals surface area contributed by atoms with E-state index in [9.17, 15) is 0 Å². The lowest BCUT2D eigenvalue weighted by Gasteiger charge is -2.28. The molecule has 5 heteroatoms. The highest BCUT2D eigenvalue weighted by Gasteiger charge is 2.32. The molecule has 0 saturated heterocycles. The van der Waals surface area contributed by atoms with Crippen LogP contribution in [0.4, 0.5) is 22.7 Å². The van der Waals surface area contributed by atoms with Crippen LogP contribution in [0.25, 0.3) is 72.3 Å². The molecule has 350 valence electrons. The third-order valence-corrected chi connectivity index (χ3v) is 14.6. The first kappa shape index (κ1) is 44.3. The standard InChI is InChI=1S/C66H60N4O/c1-64(2,3)45-29-32-58-56(36-45)54-31-30-50-40-61(54)70(58)62-38-47(66(7,8)9)37-57(67-62)44-33-43(34-46(35-44)65(4,5)6)51-23-13-14-24-53(51)55-26-18-25-52(42-19-11-10-12-20-42)63(55)69-41-68(59-27-15-16-28-60(59)69)48-21-17-22-49(39-48)71-50/h10-40H,41H2,1-9H3. The summed E-state index contributed by atoms with van der Waals surface area (Å²) < 4.78 is 9.32. The molecule has 5 nitrogen and oxygen atoms in total. The quantitative estimate of drug-likeness (QED) is 0.164. The normalized spacial score (nSPS) is 13.4. The van der Waals surface area contributed by atoms with Gasteiger partial charge in [0.25, 0.3) is 0 Å². The van der Waals surface area contributed by atoms with Crippen molar-refractivity contribution in [3.8, 4) is 62.0 Å². The summed E-state index contributed by atoms with van der Waals surface area (Å²) in [5.41, 5.74) is 19.1. The molecule has 0 fully saturated rings. The number of aromatic nitrogens is 2. The fourth-order valence-electron chi connectivity index (χ4n) is 10.7. The molecule has 0 saturated carbocycles. The van der Waals surface area contributed by atoms with E-state index in [0.29, 0.717) is 6.67 Å². The maximum absolute atomic E-state index is 6.95. The Balaban J connectivity index is 1.19. The molecule has 0 atom stereocenters. The van der Waals surface area contributed by atoms with E-state index in [0.717, 1.165) is 78.9 Å². The van der Waals surface area contributed by atoms with Gasteiger partial charge in [0.15, 0.2) is 0 Å². The summed E-state index contributed by atoms with van der Waals surface area (Å²) in [6.07, 6.45) is 0. The zero-order valence-corrected chi connectivity index (χ0v) is 42.3. The SMILES string of the molecule is CC(C)(C)c1cc2cc(c1)-c1ccccc1-c1cccc(-c3ccccc3)c1N1CN(c3cccc(c3)Oc3ccc4c5cc(C(C)(C)C)ccc5n(c4c3)-c3cc(C(C)(C)C)cc-2n3)c2ccccc21. The lowest BCUT2D eigenvalue weighted by molar-refractivity contribution is 0.483. The van der Waals surface area contributed by atoms with Crippen LogP contribution in [-0.4, -0.2) is 16.2 Å². The van der Waals surface area contributed by atoms with Crippen LogP contribution in [0.1, 0.15) is 79.0 Å². The van der Waals surface area contributed by atoms with Gasteiger partial charge < -0.3 is 14.5 Å². The molecule has 0 amide bonds. The van der Waals surface area contributed by atoms with Crippen molar-refractivity contribution in [3.05, 3.63) is 205 Å². The second-order valence-electron chi connectivity index (χ2n) is 22.6. The van der Waals surface area contributed by atoms with Crippen molar-refractivity contribution < 1.29 is 4.74 Å². The molecule has 10 aromatic rings. The third-order valence-electron chi connectivity index (χ3n) is 14.6. The number of hydrogen-bond acceptors (Lipinski definition) is 4. The van der Waals surface area contributed by atoms with Gasteiger partial charge in [-0.1, -0.05) is 165 Å². The highest BCUT2D eigenvalue weighted by Crippen LogP contribution is 2.52. The molecular weight excluding hydrogens is 865 g/mol. The van der Waals surface area contributed by atoms with Gasteiger partial charge in [0.05, 0.1) is 33.8 Å². The maximum Gasteiger partial charge on any atom is 0.138 e. The van der Waals surface area contributed by atoms with E-state index in [1.54, 1.807) is 0 Å². The van der Waals surface area contributed by atoms with Crippen LogP contribution in [0.15, 0.2) is 188 Å². The highest BCUT2D eigenvalue weighted by molar-refractivity contribution is 6.10. The number of pyridine rings is 1. The summed E-state index contributed by atoms with van der Waals surface area (Å²) in [5, 5.41) is 2.36. The Hall–Kier alpha value is -7.89. The predicted molar refractivity (Wildman–Crippen MR) is 299 cm³/mol. The summed E-state index contributed by atoms with van der Waals surface area (Å²) in [5.74, 6) is 2.41. The minimum atomic E-state index is -0.170. The first-order valence-corrected chi connectivity index (χ1v) is 25.0. The maximum atomic E-state index is 6.95. The van der Waals surface area contributed by atoms with Crippen molar-refractivity contribution in [1.29, 1.82) is 0 Å². The van der Waals surface area contributed by atoms with Crippen LogP contribution in [0, 0.1) is 0 Å². The van der Waals surface area contributed by atoms with E-state index < -0.39 is 0 Å². The topological polar surface area (TPSA) is 33.5 Å². The minimum Gasteiger partial charge on any atom is -0.457 e. The summed E-state index contributed by atoms with van der Waals surface area (Å²) in [7, 11) is 0. The first-order chi connectivity index (χ1) is 34.1. The Morgan fingerprint density at radius 1 is 0.408 bits per heavy atom. The molecule has 2 aliphatic heterocycles. The van der Waals surface area contributed by atoms with Crippen LogP contribution in [0.5, 0.6) is 11.5 Å². The van der Waals surface area contributed by atoms with Gasteiger partial charge in [0.1, 0.15) is 24.0 Å². The molecule has 0 unspecified atom stereocenters. The van der Waals surface area contributed by atoms with Crippen molar-refractivity contribution in [3.63, 3.8) is 0 Å². The van der Waals surface area contributed by atoms with Gasteiger partial charge in [0.2, 0.25) is 0 Å². The monoisotopic (exact) mass is 924 g/mol. The first-order valence-electron chi connectivity index (χ1n) is 25.0. The number of rotatable bonds is 1. The van der Waals surface area contributed by atoms with E-state index in [2.05, 4.69) is 265 Å². The summed E-state index contributed by atoms with van der Waals surface area (Å²) in [6.45, 7) is 21.3. The number of para-hydroxylation sites is 3. The zero-order chi connectivity index (χ0) is 49.0. The number of ether oxygens (including phenoxy) is 1. The van der Waals surface area contributed by atoms with E-state index in [4.69, 9.17) is 9.72 Å². The Morgan fingerprint density at radius 3 is 1.80 bits per heavy atom. The molecular formula is C66H60N4O. The van der Waals surface area contributed by atoms with Gasteiger partial charge in [-0.25, -0.2) is 4.98 Å². The number of anilines is 4. The summed E-state index contributed by atoms with van der Waals surface area (Å²) >= 11 is 0. The van der Waals surface area contributed by atoms with Crippen LogP contribution < -0.4 is 14.5 Å². The predicted octanol–water partition coefficient (Wildman–Crippen LogP) is 18.1. The summed E-state index contributed by atoms with van der Waals surface area (Å²) in [6, 6.07) is 69.3. The van der Waals surface area contributed by atoms with Crippen molar-refractivity contribution in [2.24, 2.45) is 0 Å². The Bertz CT molecular complexity index is 3730. The number of nitrogens with zero attached hydrogens (tertiary/aromatic N) is 4.